The van der Waals surface area contributed by atoms with Gasteiger partial charge in [0.1, 0.15) is 18.1 Å². The number of nitrogens with zero attached hydrogens (tertiary/aromatic N) is 2. The van der Waals surface area contributed by atoms with Crippen LogP contribution in [0.3, 0.4) is 0 Å². The van der Waals surface area contributed by atoms with E-state index in [2.05, 4.69) is 17.2 Å². The van der Waals surface area contributed by atoms with Gasteiger partial charge in [-0.05, 0) is 55.0 Å². The van der Waals surface area contributed by atoms with E-state index >= 15 is 0 Å². The average Bonchev–Trinajstić information content (AvgIpc) is 2.60. The molecule has 2 aromatic rings. The highest BCUT2D eigenvalue weighted by Crippen LogP contribution is 2.23. The van der Waals surface area contributed by atoms with Crippen LogP contribution in [-0.4, -0.2) is 24.9 Å². The van der Waals surface area contributed by atoms with Crippen LogP contribution in [0.25, 0.3) is 0 Å². The summed E-state index contributed by atoms with van der Waals surface area (Å²) in [5.41, 5.74) is 1.51. The quantitative estimate of drug-likeness (QED) is 0.541. The van der Waals surface area contributed by atoms with Crippen molar-refractivity contribution >= 4 is 11.4 Å². The van der Waals surface area contributed by atoms with Crippen molar-refractivity contribution in [2.75, 3.05) is 19.8 Å². The SMILES string of the molecule is CCCCOc1ccc(N=Nc2ccc(OCCO)cc2)cc1. The Bertz CT molecular complexity index is 595. The van der Waals surface area contributed by atoms with E-state index in [0.29, 0.717) is 5.75 Å². The Kier molecular flexibility index (Phi) is 7.07. The summed E-state index contributed by atoms with van der Waals surface area (Å²) in [6.45, 7) is 3.16. The Morgan fingerprint density at radius 3 is 1.70 bits per heavy atom. The number of unbranched alkanes of at least 4 members (excludes halogenated alkanes) is 1. The molecule has 122 valence electrons. The molecule has 5 nitrogen and oxygen atoms in total. The zero-order chi connectivity index (χ0) is 16.3. The Morgan fingerprint density at radius 1 is 0.783 bits per heavy atom. The summed E-state index contributed by atoms with van der Waals surface area (Å²) in [4.78, 5) is 0. The maximum atomic E-state index is 8.70. The Morgan fingerprint density at radius 2 is 1.26 bits per heavy atom. The summed E-state index contributed by atoms with van der Waals surface area (Å²) in [6, 6.07) is 14.8. The predicted octanol–water partition coefficient (Wildman–Crippen LogP) is 4.65. The average molecular weight is 314 g/mol. The van der Waals surface area contributed by atoms with Crippen LogP contribution in [0.15, 0.2) is 58.8 Å². The molecule has 0 spiro atoms. The maximum absolute atomic E-state index is 8.70. The molecule has 2 aromatic carbocycles. The van der Waals surface area contributed by atoms with Gasteiger partial charge < -0.3 is 14.6 Å². The number of benzene rings is 2. The molecule has 0 aromatic heterocycles. The molecule has 0 atom stereocenters. The molecule has 0 radical (unpaired) electrons. The first-order valence-corrected chi connectivity index (χ1v) is 7.80. The molecule has 0 amide bonds. The van der Waals surface area contributed by atoms with Crippen molar-refractivity contribution in [2.45, 2.75) is 19.8 Å². The highest BCUT2D eigenvalue weighted by molar-refractivity contribution is 5.44. The van der Waals surface area contributed by atoms with E-state index < -0.39 is 0 Å². The minimum atomic E-state index is -0.000383. The van der Waals surface area contributed by atoms with E-state index in [1.807, 2.05) is 36.4 Å². The molecular weight excluding hydrogens is 292 g/mol. The van der Waals surface area contributed by atoms with E-state index in [4.69, 9.17) is 14.6 Å². The van der Waals surface area contributed by atoms with Crippen LogP contribution in [0.2, 0.25) is 0 Å². The minimum Gasteiger partial charge on any atom is -0.494 e. The molecule has 5 heteroatoms. The van der Waals surface area contributed by atoms with Crippen LogP contribution in [0.4, 0.5) is 11.4 Å². The summed E-state index contributed by atoms with van der Waals surface area (Å²) in [7, 11) is 0. The summed E-state index contributed by atoms with van der Waals surface area (Å²) in [6.07, 6.45) is 2.18. The molecule has 0 heterocycles. The fourth-order valence-electron chi connectivity index (χ4n) is 1.83. The van der Waals surface area contributed by atoms with Gasteiger partial charge in [-0.3, -0.25) is 0 Å². The summed E-state index contributed by atoms with van der Waals surface area (Å²) < 4.78 is 10.9. The van der Waals surface area contributed by atoms with Gasteiger partial charge in [0.25, 0.3) is 0 Å². The maximum Gasteiger partial charge on any atom is 0.119 e. The molecule has 0 fully saturated rings. The third-order valence-corrected chi connectivity index (χ3v) is 3.08. The van der Waals surface area contributed by atoms with Gasteiger partial charge >= 0.3 is 0 Å². The fourth-order valence-corrected chi connectivity index (χ4v) is 1.83. The lowest BCUT2D eigenvalue weighted by Crippen LogP contribution is -2.00. The second-order valence-corrected chi connectivity index (χ2v) is 4.96. The third kappa shape index (κ3) is 6.08. The van der Waals surface area contributed by atoms with Crippen molar-refractivity contribution in [3.05, 3.63) is 48.5 Å². The first-order chi connectivity index (χ1) is 11.3. The van der Waals surface area contributed by atoms with Crippen molar-refractivity contribution in [3.63, 3.8) is 0 Å². The third-order valence-electron chi connectivity index (χ3n) is 3.08. The number of ether oxygens (including phenoxy) is 2. The van der Waals surface area contributed by atoms with Gasteiger partial charge in [0.05, 0.1) is 24.6 Å². The molecule has 0 aliphatic carbocycles. The molecule has 23 heavy (non-hydrogen) atoms. The van der Waals surface area contributed by atoms with Crippen LogP contribution < -0.4 is 9.47 Å². The smallest absolute Gasteiger partial charge is 0.119 e. The number of hydrogen-bond donors (Lipinski definition) is 1. The van der Waals surface area contributed by atoms with Crippen molar-refractivity contribution < 1.29 is 14.6 Å². The summed E-state index contributed by atoms with van der Waals surface area (Å²) in [5.74, 6) is 1.55. The number of aliphatic hydroxyl groups is 1. The Labute approximate surface area is 136 Å². The standard InChI is InChI=1S/C18H22N2O3/c1-2-3-13-22-17-8-4-15(5-9-17)19-20-16-6-10-18(11-7-16)23-14-12-21/h4-11,21H,2-3,12-14H2,1H3. The Balaban J connectivity index is 1.89. The van der Waals surface area contributed by atoms with Crippen LogP contribution in [0.5, 0.6) is 11.5 Å². The van der Waals surface area contributed by atoms with Gasteiger partial charge in [0, 0.05) is 0 Å². The van der Waals surface area contributed by atoms with Crippen LogP contribution in [-0.2, 0) is 0 Å². The van der Waals surface area contributed by atoms with E-state index in [0.717, 1.165) is 36.6 Å². The number of hydrogen-bond acceptors (Lipinski definition) is 5. The highest BCUT2D eigenvalue weighted by Gasteiger charge is 1.96. The monoisotopic (exact) mass is 314 g/mol. The van der Waals surface area contributed by atoms with Crippen LogP contribution in [0.1, 0.15) is 19.8 Å². The molecule has 0 aliphatic rings. The number of azo groups is 1. The normalized spacial score (nSPS) is 10.9. The number of rotatable bonds is 9. The minimum absolute atomic E-state index is 0.000383. The first kappa shape index (κ1) is 17.0. The molecule has 0 aliphatic heterocycles. The van der Waals surface area contributed by atoms with E-state index in [-0.39, 0.29) is 13.2 Å². The van der Waals surface area contributed by atoms with Gasteiger partial charge in [-0.1, -0.05) is 13.3 Å². The van der Waals surface area contributed by atoms with Gasteiger partial charge in [0.15, 0.2) is 0 Å². The zero-order valence-corrected chi connectivity index (χ0v) is 13.3. The van der Waals surface area contributed by atoms with Gasteiger partial charge in [-0.2, -0.15) is 10.2 Å². The fraction of sp³-hybridized carbons (Fsp3) is 0.333. The van der Waals surface area contributed by atoms with Gasteiger partial charge in [-0.25, -0.2) is 0 Å². The zero-order valence-electron chi connectivity index (χ0n) is 13.3. The topological polar surface area (TPSA) is 63.4 Å². The molecular formula is C18H22N2O3. The summed E-state index contributed by atoms with van der Waals surface area (Å²) >= 11 is 0. The molecule has 0 saturated heterocycles. The highest BCUT2D eigenvalue weighted by atomic mass is 16.5. The van der Waals surface area contributed by atoms with Crippen LogP contribution >= 0.6 is 0 Å². The molecule has 0 unspecified atom stereocenters. The van der Waals surface area contributed by atoms with Crippen LogP contribution in [0, 0.1) is 0 Å². The van der Waals surface area contributed by atoms with Crippen molar-refractivity contribution in [3.8, 4) is 11.5 Å². The van der Waals surface area contributed by atoms with E-state index in [1.165, 1.54) is 0 Å². The lowest BCUT2D eigenvalue weighted by Gasteiger charge is -2.04. The second kappa shape index (κ2) is 9.58. The van der Waals surface area contributed by atoms with Gasteiger partial charge in [-0.15, -0.1) is 0 Å². The largest absolute Gasteiger partial charge is 0.494 e. The lowest BCUT2D eigenvalue weighted by atomic mass is 10.3. The van der Waals surface area contributed by atoms with Crippen molar-refractivity contribution in [1.29, 1.82) is 0 Å². The van der Waals surface area contributed by atoms with E-state index in [1.54, 1.807) is 12.1 Å². The predicted molar refractivity (Wildman–Crippen MR) is 90.0 cm³/mol. The molecule has 1 N–H and O–H groups in total. The molecule has 0 bridgehead atoms. The number of aliphatic hydroxyl groups excluding tert-OH is 1. The Hall–Kier alpha value is -2.40. The van der Waals surface area contributed by atoms with Crippen molar-refractivity contribution in [1.82, 2.24) is 0 Å². The van der Waals surface area contributed by atoms with Crippen molar-refractivity contribution in [2.24, 2.45) is 10.2 Å². The lowest BCUT2D eigenvalue weighted by molar-refractivity contribution is 0.201. The summed E-state index contributed by atoms with van der Waals surface area (Å²) in [5, 5.41) is 17.1. The second-order valence-electron chi connectivity index (χ2n) is 4.96. The van der Waals surface area contributed by atoms with E-state index in [9.17, 15) is 0 Å². The first-order valence-electron chi connectivity index (χ1n) is 7.80. The molecule has 2 rings (SSSR count). The van der Waals surface area contributed by atoms with Gasteiger partial charge in [0.2, 0.25) is 0 Å². The molecule has 0 saturated carbocycles.